The molecule has 0 spiro atoms. The van der Waals surface area contributed by atoms with Gasteiger partial charge in [0.2, 0.25) is 0 Å². The summed E-state index contributed by atoms with van der Waals surface area (Å²) in [7, 11) is 1.33. The lowest BCUT2D eigenvalue weighted by molar-refractivity contribution is -0.124. The number of methoxy groups -OCH3 is 1. The van der Waals surface area contributed by atoms with E-state index in [1.165, 1.54) is 7.11 Å². The molecule has 4 heteroatoms. The third-order valence-electron chi connectivity index (χ3n) is 2.67. The van der Waals surface area contributed by atoms with Crippen LogP contribution >= 0.6 is 0 Å². The zero-order valence-corrected chi connectivity index (χ0v) is 11.4. The highest BCUT2D eigenvalue weighted by Crippen LogP contribution is 2.04. The Morgan fingerprint density at radius 2 is 1.74 bits per heavy atom. The van der Waals surface area contributed by atoms with Crippen molar-refractivity contribution in [3.05, 3.63) is 35.4 Å². The molecule has 0 aliphatic heterocycles. The molecule has 0 bridgehead atoms. The summed E-state index contributed by atoms with van der Waals surface area (Å²) in [6.45, 7) is 5.11. The van der Waals surface area contributed by atoms with Crippen molar-refractivity contribution in [3.8, 4) is 11.8 Å². The lowest BCUT2D eigenvalue weighted by Crippen LogP contribution is -2.29. The third kappa shape index (κ3) is 4.14. The summed E-state index contributed by atoms with van der Waals surface area (Å²) in [6.07, 6.45) is 0. The molecular formula is C15H17NO3. The van der Waals surface area contributed by atoms with Crippen LogP contribution in [0.5, 0.6) is 0 Å². The highest BCUT2D eigenvalue weighted by Gasteiger charge is 2.05. The smallest absolute Gasteiger partial charge is 0.337 e. The average Bonchev–Trinajstić information content (AvgIpc) is 2.46. The number of benzene rings is 1. The number of ether oxygens (including phenoxy) is 1. The van der Waals surface area contributed by atoms with E-state index in [0.717, 1.165) is 0 Å². The van der Waals surface area contributed by atoms with E-state index in [1.54, 1.807) is 29.2 Å². The first-order valence-electron chi connectivity index (χ1n) is 6.11. The lowest BCUT2D eigenvalue weighted by Gasteiger charge is -2.14. The van der Waals surface area contributed by atoms with Crippen molar-refractivity contribution in [1.82, 2.24) is 4.90 Å². The summed E-state index contributed by atoms with van der Waals surface area (Å²) < 4.78 is 4.60. The summed E-state index contributed by atoms with van der Waals surface area (Å²) in [5.41, 5.74) is 1.15. The molecule has 0 heterocycles. The van der Waals surface area contributed by atoms with E-state index in [1.807, 2.05) is 13.8 Å². The molecule has 0 aromatic heterocycles. The Hall–Kier alpha value is -2.28. The van der Waals surface area contributed by atoms with Gasteiger partial charge in [-0.25, -0.2) is 4.79 Å². The van der Waals surface area contributed by atoms with E-state index in [0.29, 0.717) is 24.2 Å². The maximum atomic E-state index is 11.7. The Bertz CT molecular complexity index is 504. The molecule has 100 valence electrons. The fourth-order valence-corrected chi connectivity index (χ4v) is 1.52. The van der Waals surface area contributed by atoms with Gasteiger partial charge in [0.25, 0.3) is 5.91 Å². The molecule has 0 fully saturated rings. The Morgan fingerprint density at radius 3 is 2.21 bits per heavy atom. The molecule has 0 aliphatic rings. The number of carbonyl (C=O) groups excluding carboxylic acids is 2. The first-order valence-corrected chi connectivity index (χ1v) is 6.11. The zero-order chi connectivity index (χ0) is 14.3. The molecule has 0 saturated carbocycles. The predicted octanol–water partition coefficient (Wildman–Crippen LogP) is 1.69. The van der Waals surface area contributed by atoms with Crippen LogP contribution in [0.3, 0.4) is 0 Å². The fraction of sp³-hybridized carbons (Fsp3) is 0.333. The Kier molecular flexibility index (Phi) is 5.62. The van der Waals surface area contributed by atoms with Gasteiger partial charge in [-0.1, -0.05) is 5.92 Å². The largest absolute Gasteiger partial charge is 0.465 e. The van der Waals surface area contributed by atoms with Gasteiger partial charge < -0.3 is 9.64 Å². The quantitative estimate of drug-likeness (QED) is 0.613. The number of hydrogen-bond donors (Lipinski definition) is 0. The van der Waals surface area contributed by atoms with Crippen LogP contribution in [-0.2, 0) is 9.53 Å². The minimum absolute atomic E-state index is 0.193. The van der Waals surface area contributed by atoms with Crippen molar-refractivity contribution in [3.63, 3.8) is 0 Å². The van der Waals surface area contributed by atoms with Gasteiger partial charge in [-0.2, -0.15) is 0 Å². The third-order valence-corrected chi connectivity index (χ3v) is 2.67. The second kappa shape index (κ2) is 7.22. The fourth-order valence-electron chi connectivity index (χ4n) is 1.52. The standard InChI is InChI=1S/C15H17NO3/c1-4-16(5-2)14(17)11-8-12-6-9-13(10-7-12)15(18)19-3/h6-7,9-10H,4-5H2,1-3H3. The first kappa shape index (κ1) is 14.8. The van der Waals surface area contributed by atoms with Gasteiger partial charge in [0.1, 0.15) is 0 Å². The van der Waals surface area contributed by atoms with Crippen LogP contribution in [0.1, 0.15) is 29.8 Å². The van der Waals surface area contributed by atoms with Gasteiger partial charge >= 0.3 is 5.97 Å². The molecule has 1 amide bonds. The van der Waals surface area contributed by atoms with Crippen LogP contribution in [0, 0.1) is 11.8 Å². The van der Waals surface area contributed by atoms with Crippen molar-refractivity contribution in [2.24, 2.45) is 0 Å². The van der Waals surface area contributed by atoms with Crippen LogP contribution in [-0.4, -0.2) is 37.0 Å². The molecule has 0 N–H and O–H groups in total. The van der Waals surface area contributed by atoms with E-state index in [-0.39, 0.29) is 5.91 Å². The summed E-state index contributed by atoms with van der Waals surface area (Å²) in [6, 6.07) is 6.62. The number of carbonyl (C=O) groups is 2. The van der Waals surface area contributed by atoms with E-state index >= 15 is 0 Å². The highest BCUT2D eigenvalue weighted by molar-refractivity contribution is 5.94. The minimum atomic E-state index is -0.390. The normalized spacial score (nSPS) is 9.21. The Balaban J connectivity index is 2.79. The minimum Gasteiger partial charge on any atom is -0.465 e. The number of nitrogens with zero attached hydrogens (tertiary/aromatic N) is 1. The SMILES string of the molecule is CCN(CC)C(=O)C#Cc1ccc(C(=O)OC)cc1. The topological polar surface area (TPSA) is 46.6 Å². The van der Waals surface area contributed by atoms with E-state index in [4.69, 9.17) is 0 Å². The van der Waals surface area contributed by atoms with E-state index in [2.05, 4.69) is 16.6 Å². The van der Waals surface area contributed by atoms with Gasteiger partial charge in [0, 0.05) is 24.6 Å². The van der Waals surface area contributed by atoms with Crippen molar-refractivity contribution in [2.75, 3.05) is 20.2 Å². The van der Waals surface area contributed by atoms with Crippen molar-refractivity contribution in [2.45, 2.75) is 13.8 Å². The lowest BCUT2D eigenvalue weighted by atomic mass is 10.1. The van der Waals surface area contributed by atoms with Gasteiger partial charge in [0.15, 0.2) is 0 Å². The molecule has 0 unspecified atom stereocenters. The number of rotatable bonds is 3. The van der Waals surface area contributed by atoms with Crippen molar-refractivity contribution < 1.29 is 14.3 Å². The number of esters is 1. The predicted molar refractivity (Wildman–Crippen MR) is 72.6 cm³/mol. The summed E-state index contributed by atoms with van der Waals surface area (Å²) in [5.74, 6) is 4.79. The van der Waals surface area contributed by atoms with Gasteiger partial charge in [-0.3, -0.25) is 4.79 Å². The second-order valence-corrected chi connectivity index (χ2v) is 3.80. The number of hydrogen-bond acceptors (Lipinski definition) is 3. The molecule has 0 atom stereocenters. The van der Waals surface area contributed by atoms with Crippen LogP contribution in [0.2, 0.25) is 0 Å². The van der Waals surface area contributed by atoms with Crippen LogP contribution in [0.4, 0.5) is 0 Å². The van der Waals surface area contributed by atoms with Gasteiger partial charge in [0.05, 0.1) is 12.7 Å². The Morgan fingerprint density at radius 1 is 1.16 bits per heavy atom. The molecule has 1 rings (SSSR count). The maximum absolute atomic E-state index is 11.7. The highest BCUT2D eigenvalue weighted by atomic mass is 16.5. The number of amides is 1. The van der Waals surface area contributed by atoms with Crippen LogP contribution in [0.25, 0.3) is 0 Å². The molecule has 0 saturated heterocycles. The monoisotopic (exact) mass is 259 g/mol. The molecule has 0 radical (unpaired) electrons. The molecule has 1 aromatic carbocycles. The van der Waals surface area contributed by atoms with Crippen molar-refractivity contribution in [1.29, 1.82) is 0 Å². The van der Waals surface area contributed by atoms with Crippen molar-refractivity contribution >= 4 is 11.9 Å². The summed E-state index contributed by atoms with van der Waals surface area (Å²) in [5, 5.41) is 0. The molecule has 19 heavy (non-hydrogen) atoms. The first-order chi connectivity index (χ1) is 9.12. The summed E-state index contributed by atoms with van der Waals surface area (Å²) in [4.78, 5) is 24.6. The van der Waals surface area contributed by atoms with Crippen LogP contribution < -0.4 is 0 Å². The van der Waals surface area contributed by atoms with E-state index < -0.39 is 5.97 Å². The van der Waals surface area contributed by atoms with Crippen LogP contribution in [0.15, 0.2) is 24.3 Å². The Labute approximate surface area is 113 Å². The molecule has 1 aromatic rings. The summed E-state index contributed by atoms with van der Waals surface area (Å²) >= 11 is 0. The zero-order valence-electron chi connectivity index (χ0n) is 11.4. The average molecular weight is 259 g/mol. The molecule has 4 nitrogen and oxygen atoms in total. The van der Waals surface area contributed by atoms with Gasteiger partial charge in [-0.05, 0) is 38.1 Å². The maximum Gasteiger partial charge on any atom is 0.337 e. The second-order valence-electron chi connectivity index (χ2n) is 3.80. The molecular weight excluding hydrogens is 242 g/mol. The molecule has 0 aliphatic carbocycles. The van der Waals surface area contributed by atoms with Gasteiger partial charge in [-0.15, -0.1) is 0 Å². The van der Waals surface area contributed by atoms with E-state index in [9.17, 15) is 9.59 Å².